The van der Waals surface area contributed by atoms with E-state index in [9.17, 15) is 9.59 Å². The van der Waals surface area contributed by atoms with Crippen molar-refractivity contribution in [3.8, 4) is 0 Å². The number of carbonyl (C=O) groups is 2. The molecule has 0 bridgehead atoms. The highest BCUT2D eigenvalue weighted by molar-refractivity contribution is 6.03. The minimum Gasteiger partial charge on any atom is -0.351 e. The summed E-state index contributed by atoms with van der Waals surface area (Å²) in [6.45, 7) is 4.90. The minimum absolute atomic E-state index is 0.0188. The van der Waals surface area contributed by atoms with Gasteiger partial charge >= 0.3 is 0 Å². The van der Waals surface area contributed by atoms with Gasteiger partial charge in [0.25, 0.3) is 11.8 Å². The largest absolute Gasteiger partial charge is 0.351 e. The maximum Gasteiger partial charge on any atom is 0.294 e. The molecule has 24 heavy (non-hydrogen) atoms. The van der Waals surface area contributed by atoms with Crippen LogP contribution in [0, 0.1) is 6.92 Å². The molecule has 3 rings (SSSR count). The second kappa shape index (κ2) is 6.84. The van der Waals surface area contributed by atoms with Gasteiger partial charge in [-0.1, -0.05) is 11.2 Å². The lowest BCUT2D eigenvalue weighted by Crippen LogP contribution is -2.47. The van der Waals surface area contributed by atoms with Crippen molar-refractivity contribution in [2.24, 2.45) is 0 Å². The van der Waals surface area contributed by atoms with Crippen LogP contribution in [0.5, 0.6) is 0 Å². The standard InChI is InChI=1S/C17H20N4O3/c1-12-10-15(24-19-12)16(22)18-14-5-3-4-13(11-14)17(23)21-8-6-20(2)7-9-21/h3-5,10-11H,6-9H2,1-2H3,(H,18,22). The van der Waals surface area contributed by atoms with Crippen LogP contribution in [-0.4, -0.2) is 60.0 Å². The number of likely N-dealkylation sites (N-methyl/N-ethyl adjacent to an activating group) is 1. The Balaban J connectivity index is 1.69. The van der Waals surface area contributed by atoms with Gasteiger partial charge in [0, 0.05) is 43.5 Å². The number of nitrogens with zero attached hydrogens (tertiary/aromatic N) is 3. The number of anilines is 1. The molecule has 126 valence electrons. The third kappa shape index (κ3) is 3.62. The molecule has 0 aliphatic carbocycles. The smallest absolute Gasteiger partial charge is 0.294 e. The Labute approximate surface area is 140 Å². The molecule has 0 spiro atoms. The van der Waals surface area contributed by atoms with E-state index in [1.54, 1.807) is 37.3 Å². The molecule has 2 aromatic rings. The first-order chi connectivity index (χ1) is 11.5. The highest BCUT2D eigenvalue weighted by atomic mass is 16.5. The molecular weight excluding hydrogens is 308 g/mol. The molecule has 1 aromatic carbocycles. The molecule has 1 aromatic heterocycles. The molecule has 1 aliphatic rings. The number of benzene rings is 1. The van der Waals surface area contributed by atoms with Crippen molar-refractivity contribution in [2.75, 3.05) is 38.5 Å². The maximum absolute atomic E-state index is 12.6. The fourth-order valence-corrected chi connectivity index (χ4v) is 2.59. The van der Waals surface area contributed by atoms with Crippen molar-refractivity contribution in [2.45, 2.75) is 6.92 Å². The van der Waals surface area contributed by atoms with Crippen molar-refractivity contribution in [3.63, 3.8) is 0 Å². The summed E-state index contributed by atoms with van der Waals surface area (Å²) in [5, 5.41) is 6.42. The fraction of sp³-hybridized carbons (Fsp3) is 0.353. The molecular formula is C17H20N4O3. The first-order valence-electron chi connectivity index (χ1n) is 7.85. The average Bonchev–Trinajstić information content (AvgIpc) is 3.02. The van der Waals surface area contributed by atoms with Gasteiger partial charge < -0.3 is 19.6 Å². The van der Waals surface area contributed by atoms with Crippen molar-refractivity contribution in [1.29, 1.82) is 0 Å². The lowest BCUT2D eigenvalue weighted by atomic mass is 10.1. The molecule has 0 saturated carbocycles. The molecule has 0 unspecified atom stereocenters. The Morgan fingerprint density at radius 1 is 1.17 bits per heavy atom. The van der Waals surface area contributed by atoms with Crippen LogP contribution in [0.15, 0.2) is 34.9 Å². The first-order valence-corrected chi connectivity index (χ1v) is 7.85. The van der Waals surface area contributed by atoms with Gasteiger partial charge in [0.15, 0.2) is 0 Å². The van der Waals surface area contributed by atoms with Crippen LogP contribution in [0.25, 0.3) is 0 Å². The zero-order valence-corrected chi connectivity index (χ0v) is 13.8. The van der Waals surface area contributed by atoms with E-state index in [-0.39, 0.29) is 17.6 Å². The Morgan fingerprint density at radius 2 is 1.92 bits per heavy atom. The van der Waals surface area contributed by atoms with Crippen LogP contribution >= 0.6 is 0 Å². The number of aryl methyl sites for hydroxylation is 1. The average molecular weight is 328 g/mol. The normalized spacial score (nSPS) is 15.3. The van der Waals surface area contributed by atoms with Crippen LogP contribution in [-0.2, 0) is 0 Å². The number of carbonyl (C=O) groups excluding carboxylic acids is 2. The minimum atomic E-state index is -0.389. The van der Waals surface area contributed by atoms with E-state index in [1.807, 2.05) is 11.9 Å². The van der Waals surface area contributed by atoms with Crippen LogP contribution in [0.1, 0.15) is 26.6 Å². The third-order valence-electron chi connectivity index (χ3n) is 4.01. The number of hydrogen-bond acceptors (Lipinski definition) is 5. The zero-order valence-electron chi connectivity index (χ0n) is 13.8. The van der Waals surface area contributed by atoms with Gasteiger partial charge in [0.1, 0.15) is 0 Å². The lowest BCUT2D eigenvalue weighted by Gasteiger charge is -2.32. The summed E-state index contributed by atoms with van der Waals surface area (Å²) < 4.78 is 4.94. The maximum atomic E-state index is 12.6. The molecule has 7 heteroatoms. The molecule has 0 radical (unpaired) electrons. The summed E-state index contributed by atoms with van der Waals surface area (Å²) in [5.74, 6) is -0.266. The monoisotopic (exact) mass is 328 g/mol. The number of amides is 2. The van der Waals surface area contributed by atoms with E-state index in [0.29, 0.717) is 30.0 Å². The van der Waals surface area contributed by atoms with Gasteiger partial charge in [-0.15, -0.1) is 0 Å². The highest BCUT2D eigenvalue weighted by Crippen LogP contribution is 2.15. The number of nitrogens with one attached hydrogen (secondary N) is 1. The molecule has 2 amide bonds. The molecule has 1 aliphatic heterocycles. The summed E-state index contributed by atoms with van der Waals surface area (Å²) in [4.78, 5) is 28.7. The zero-order chi connectivity index (χ0) is 17.1. The number of hydrogen-bond donors (Lipinski definition) is 1. The van der Waals surface area contributed by atoms with Crippen LogP contribution < -0.4 is 5.32 Å². The van der Waals surface area contributed by atoms with E-state index in [0.717, 1.165) is 13.1 Å². The first kappa shape index (κ1) is 16.2. The van der Waals surface area contributed by atoms with E-state index < -0.39 is 0 Å². The Kier molecular flexibility index (Phi) is 4.61. The third-order valence-corrected chi connectivity index (χ3v) is 4.01. The summed E-state index contributed by atoms with van der Waals surface area (Å²) in [6.07, 6.45) is 0. The Morgan fingerprint density at radius 3 is 2.58 bits per heavy atom. The number of piperazine rings is 1. The number of rotatable bonds is 3. The predicted molar refractivity (Wildman–Crippen MR) is 89.0 cm³/mol. The second-order valence-electron chi connectivity index (χ2n) is 5.96. The van der Waals surface area contributed by atoms with Crippen molar-refractivity contribution >= 4 is 17.5 Å². The van der Waals surface area contributed by atoms with E-state index in [1.165, 1.54) is 0 Å². The van der Waals surface area contributed by atoms with Crippen molar-refractivity contribution in [1.82, 2.24) is 15.0 Å². The topological polar surface area (TPSA) is 78.7 Å². The quantitative estimate of drug-likeness (QED) is 0.926. The number of aromatic nitrogens is 1. The van der Waals surface area contributed by atoms with Gasteiger partial charge in [0.2, 0.25) is 5.76 Å². The SMILES string of the molecule is Cc1cc(C(=O)Nc2cccc(C(=O)N3CCN(C)CC3)c2)on1. The Bertz CT molecular complexity index is 748. The fourth-order valence-electron chi connectivity index (χ4n) is 2.59. The Hall–Kier alpha value is -2.67. The molecule has 1 N–H and O–H groups in total. The van der Waals surface area contributed by atoms with Gasteiger partial charge in [-0.2, -0.15) is 0 Å². The van der Waals surface area contributed by atoms with Gasteiger partial charge in [-0.25, -0.2) is 0 Å². The van der Waals surface area contributed by atoms with Gasteiger partial charge in [-0.3, -0.25) is 9.59 Å². The van der Waals surface area contributed by atoms with E-state index in [2.05, 4.69) is 15.4 Å². The summed E-state index contributed by atoms with van der Waals surface area (Å²) in [5.41, 5.74) is 1.75. The second-order valence-corrected chi connectivity index (χ2v) is 5.96. The molecule has 0 atom stereocenters. The molecule has 2 heterocycles. The molecule has 1 saturated heterocycles. The van der Waals surface area contributed by atoms with Crippen LogP contribution in [0.4, 0.5) is 5.69 Å². The van der Waals surface area contributed by atoms with Crippen LogP contribution in [0.2, 0.25) is 0 Å². The van der Waals surface area contributed by atoms with Crippen molar-refractivity contribution < 1.29 is 14.1 Å². The van der Waals surface area contributed by atoms with Crippen LogP contribution in [0.3, 0.4) is 0 Å². The summed E-state index contributed by atoms with van der Waals surface area (Å²) in [6, 6.07) is 8.50. The molecule has 7 nitrogen and oxygen atoms in total. The van der Waals surface area contributed by atoms with E-state index >= 15 is 0 Å². The summed E-state index contributed by atoms with van der Waals surface area (Å²) >= 11 is 0. The van der Waals surface area contributed by atoms with Crippen molar-refractivity contribution in [3.05, 3.63) is 47.3 Å². The molecule has 1 fully saturated rings. The summed E-state index contributed by atoms with van der Waals surface area (Å²) in [7, 11) is 2.04. The highest BCUT2D eigenvalue weighted by Gasteiger charge is 2.21. The van der Waals surface area contributed by atoms with Gasteiger partial charge in [-0.05, 0) is 32.2 Å². The predicted octanol–water partition coefficient (Wildman–Crippen LogP) is 1.62. The lowest BCUT2D eigenvalue weighted by molar-refractivity contribution is 0.0664. The van der Waals surface area contributed by atoms with Gasteiger partial charge in [0.05, 0.1) is 5.69 Å². The van der Waals surface area contributed by atoms with E-state index in [4.69, 9.17) is 4.52 Å².